The fourth-order valence-electron chi connectivity index (χ4n) is 14.7. The summed E-state index contributed by atoms with van der Waals surface area (Å²) in [7, 11) is -5.53. The van der Waals surface area contributed by atoms with Crippen molar-refractivity contribution < 1.29 is 91.7 Å². The van der Waals surface area contributed by atoms with Gasteiger partial charge in [-0.1, -0.05) is 324 Å². The van der Waals surface area contributed by atoms with Crippen LogP contribution >= 0.6 is 7.82 Å². The summed E-state index contributed by atoms with van der Waals surface area (Å²) >= 11 is 0. The monoisotopic (exact) mass is 1520 g/mol. The van der Waals surface area contributed by atoms with Crippen molar-refractivity contribution in [3.05, 3.63) is 0 Å². The Balaban J connectivity index is 2.52. The number of hydrogen-bond acceptors (Lipinski definition) is 17. The van der Waals surface area contributed by atoms with Crippen LogP contribution in [0.5, 0.6) is 0 Å². The number of phosphoric ester groups is 1. The summed E-state index contributed by atoms with van der Waals surface area (Å²) in [6, 6.07) is -2.81. The van der Waals surface area contributed by atoms with Crippen LogP contribution in [-0.2, 0) is 61.5 Å². The van der Waals surface area contributed by atoms with Gasteiger partial charge in [0.05, 0.1) is 50.7 Å². The van der Waals surface area contributed by atoms with Crippen molar-refractivity contribution in [2.24, 2.45) is 0 Å². The van der Waals surface area contributed by atoms with E-state index in [0.717, 1.165) is 154 Å². The number of aliphatic hydroxyl groups is 4. The number of rotatable bonds is 71. The molecule has 13 atom stereocenters. The Hall–Kier alpha value is -2.82. The number of amides is 2. The molecule has 0 aliphatic carbocycles. The zero-order valence-corrected chi connectivity index (χ0v) is 68.1. The first-order valence-electron chi connectivity index (χ1n) is 43.3. The Bertz CT molecular complexity index is 2180. The summed E-state index contributed by atoms with van der Waals surface area (Å²) in [4.78, 5) is 91.3. The summed E-state index contributed by atoms with van der Waals surface area (Å²) in [5.74, 6) is -3.18. The molecule has 2 amide bonds. The molecule has 8 N–H and O–H groups in total. The average Bonchev–Trinajstić information content (AvgIpc) is 0.771. The Morgan fingerprint density at radius 1 is 0.410 bits per heavy atom. The molecule has 2 heterocycles. The molecule has 5 unspecified atom stereocenters. The highest BCUT2D eigenvalue weighted by molar-refractivity contribution is 7.46. The Kier molecular flexibility index (Phi) is 60.6. The lowest BCUT2D eigenvalue weighted by Gasteiger charge is -2.46. The number of esters is 3. The molecular formula is C83H157N2O19P. The van der Waals surface area contributed by atoms with Gasteiger partial charge in [0.2, 0.25) is 11.8 Å². The van der Waals surface area contributed by atoms with Crippen LogP contribution in [0.3, 0.4) is 0 Å². The molecule has 2 aliphatic rings. The van der Waals surface area contributed by atoms with Crippen LogP contribution in [0.1, 0.15) is 408 Å². The first kappa shape index (κ1) is 98.3. The maximum absolute atomic E-state index is 14.9. The van der Waals surface area contributed by atoms with Crippen LogP contribution in [0.2, 0.25) is 0 Å². The van der Waals surface area contributed by atoms with Crippen LogP contribution in [0.4, 0.5) is 0 Å². The zero-order valence-electron chi connectivity index (χ0n) is 67.2. The van der Waals surface area contributed by atoms with Crippen molar-refractivity contribution in [2.45, 2.75) is 487 Å². The van der Waals surface area contributed by atoms with E-state index in [1.807, 2.05) is 0 Å². The number of phosphoric acid groups is 1. The Labute approximate surface area is 637 Å². The van der Waals surface area contributed by atoms with Crippen molar-refractivity contribution in [3.8, 4) is 0 Å². The third-order valence-corrected chi connectivity index (χ3v) is 21.6. The summed E-state index contributed by atoms with van der Waals surface area (Å²) < 4.78 is 55.6. The van der Waals surface area contributed by atoms with E-state index in [4.69, 9.17) is 32.9 Å². The number of carbonyl (C=O) groups is 5. The van der Waals surface area contributed by atoms with Crippen molar-refractivity contribution in [1.29, 1.82) is 0 Å². The molecule has 105 heavy (non-hydrogen) atoms. The molecule has 0 radical (unpaired) electrons. The average molecular weight is 1520 g/mol. The minimum Gasteiger partial charge on any atom is -0.462 e. The minimum absolute atomic E-state index is 0.146. The standard InChI is InChI=1S/C83H157N2O19P/c1-7-12-17-22-27-32-34-39-44-49-54-59-74(90)100-68(57-52-47-42-37-30-25-20-15-10-4)62-73(89)85-78-82(103-76(92)63-69(58-53-48-43-38-31-26-21-16-11-5)101-75(91)60-55-50-45-40-35-33-28-23-18-13-8-2)81(104-105(95,96)97)70(64-86)102-83(78)98-65-71-79(93)80(94)77(66(6)99-71)84-72(88)61-67(87)56-51-46-41-36-29-24-19-14-9-3/h66-71,77-83,86-87,93-94H,7-65H2,1-6H3,(H,84,88)(H,85,89)(H2,95,96,97)/t66?,67-,68-,69-,70?,71?,77?,78?,79-,80-,81-,82-,83-/m1/s1. The normalized spacial score (nSPS) is 21.4. The quantitative estimate of drug-likeness (QED) is 0.0121. The molecule has 21 nitrogen and oxygen atoms in total. The molecule has 2 fully saturated rings. The van der Waals surface area contributed by atoms with E-state index in [1.165, 1.54) is 135 Å². The topological polar surface area (TPSA) is 312 Å². The van der Waals surface area contributed by atoms with Crippen molar-refractivity contribution in [1.82, 2.24) is 10.6 Å². The minimum atomic E-state index is -5.53. The summed E-state index contributed by atoms with van der Waals surface area (Å²) in [5.41, 5.74) is 0. The number of hydrogen-bond donors (Lipinski definition) is 8. The second-order valence-corrected chi connectivity index (χ2v) is 32.2. The second kappa shape index (κ2) is 64.8. The van der Waals surface area contributed by atoms with E-state index in [1.54, 1.807) is 6.92 Å². The number of ether oxygens (including phenoxy) is 6. The summed E-state index contributed by atoms with van der Waals surface area (Å²) in [6.07, 6.45) is 37.4. The largest absolute Gasteiger partial charge is 0.470 e. The molecule has 2 rings (SSSR count). The second-order valence-electron chi connectivity index (χ2n) is 31.0. The molecule has 0 aromatic rings. The Morgan fingerprint density at radius 2 is 0.752 bits per heavy atom. The van der Waals surface area contributed by atoms with Crippen LogP contribution in [0.15, 0.2) is 0 Å². The molecule has 618 valence electrons. The first-order valence-corrected chi connectivity index (χ1v) is 44.8. The Morgan fingerprint density at radius 3 is 1.13 bits per heavy atom. The molecular weight excluding hydrogens is 1360 g/mol. The molecule has 0 spiro atoms. The van der Waals surface area contributed by atoms with Gasteiger partial charge >= 0.3 is 25.7 Å². The lowest BCUT2D eigenvalue weighted by molar-refractivity contribution is -0.285. The third-order valence-electron chi connectivity index (χ3n) is 21.1. The van der Waals surface area contributed by atoms with Crippen LogP contribution in [0.25, 0.3) is 0 Å². The molecule has 2 saturated heterocycles. The fraction of sp³-hybridized carbons (Fsp3) is 0.940. The van der Waals surface area contributed by atoms with Gasteiger partial charge in [-0.15, -0.1) is 0 Å². The smallest absolute Gasteiger partial charge is 0.462 e. The van der Waals surface area contributed by atoms with Gasteiger partial charge in [0, 0.05) is 12.8 Å². The molecule has 0 aromatic carbocycles. The van der Waals surface area contributed by atoms with E-state index < -0.39 is 137 Å². The summed E-state index contributed by atoms with van der Waals surface area (Å²) in [6.45, 7) is 11.0. The van der Waals surface area contributed by atoms with E-state index in [0.29, 0.717) is 44.9 Å². The van der Waals surface area contributed by atoms with Gasteiger partial charge in [0.15, 0.2) is 12.4 Å². The molecule has 0 aromatic heterocycles. The third kappa shape index (κ3) is 50.6. The fourth-order valence-corrected chi connectivity index (χ4v) is 15.2. The van der Waals surface area contributed by atoms with Gasteiger partial charge < -0.3 is 69.3 Å². The number of unbranched alkanes of at least 4 members (excludes halogenated alkanes) is 44. The predicted octanol–water partition coefficient (Wildman–Crippen LogP) is 18.1. The van der Waals surface area contributed by atoms with E-state index in [9.17, 15) is 58.8 Å². The summed E-state index contributed by atoms with van der Waals surface area (Å²) in [5, 5.41) is 50.6. The van der Waals surface area contributed by atoms with Gasteiger partial charge in [-0.05, 0) is 51.9 Å². The van der Waals surface area contributed by atoms with Gasteiger partial charge in [0.25, 0.3) is 0 Å². The van der Waals surface area contributed by atoms with Gasteiger partial charge in [0.1, 0.15) is 48.8 Å². The SMILES string of the molecule is CCCCCCCCCCCCCC(=O)O[C@H](CCCCCCCCCCC)CC(=O)NC1[C@H](OCC2OC(C)C(NC(=O)C[C@H](O)CCCCCCCCCCC)[C@@H](O)[C@@H]2O)OC(CO)[C@@H](OP(=O)(O)O)[C@@H]1OC(=O)C[C@@H](CCCCCCCCCCC)OC(=O)CCCCCCCCCCCCC. The number of aliphatic hydroxyl groups excluding tert-OH is 4. The maximum atomic E-state index is 14.9. The van der Waals surface area contributed by atoms with Crippen molar-refractivity contribution >= 4 is 37.5 Å². The highest BCUT2D eigenvalue weighted by atomic mass is 31.2. The number of nitrogens with one attached hydrogen (secondary N) is 2. The molecule has 0 bridgehead atoms. The lowest BCUT2D eigenvalue weighted by atomic mass is 9.93. The highest BCUT2D eigenvalue weighted by Gasteiger charge is 2.53. The maximum Gasteiger partial charge on any atom is 0.470 e. The zero-order chi connectivity index (χ0) is 77.0. The highest BCUT2D eigenvalue weighted by Crippen LogP contribution is 2.43. The van der Waals surface area contributed by atoms with E-state index >= 15 is 0 Å². The van der Waals surface area contributed by atoms with Crippen molar-refractivity contribution in [2.75, 3.05) is 13.2 Å². The number of carbonyl (C=O) groups excluding carboxylic acids is 5. The lowest BCUT2D eigenvalue weighted by Crippen LogP contribution is -2.67. The van der Waals surface area contributed by atoms with Gasteiger partial charge in [-0.2, -0.15) is 0 Å². The molecule has 2 aliphatic heterocycles. The van der Waals surface area contributed by atoms with E-state index in [2.05, 4.69) is 45.3 Å². The van der Waals surface area contributed by atoms with Crippen LogP contribution in [-0.4, -0.2) is 153 Å². The van der Waals surface area contributed by atoms with Crippen molar-refractivity contribution in [3.63, 3.8) is 0 Å². The molecule has 0 saturated carbocycles. The predicted molar refractivity (Wildman–Crippen MR) is 416 cm³/mol. The van der Waals surface area contributed by atoms with E-state index in [-0.39, 0.29) is 25.7 Å². The molecule has 22 heteroatoms. The van der Waals surface area contributed by atoms with Crippen LogP contribution < -0.4 is 10.6 Å². The van der Waals surface area contributed by atoms with Gasteiger partial charge in [-0.3, -0.25) is 28.5 Å². The first-order chi connectivity index (χ1) is 50.8. The van der Waals surface area contributed by atoms with Gasteiger partial charge in [-0.25, -0.2) is 4.57 Å². The van der Waals surface area contributed by atoms with Crippen LogP contribution in [0, 0.1) is 0 Å².